The largest absolute Gasteiger partial charge is 0.481 e. The predicted octanol–water partition coefficient (Wildman–Crippen LogP) is 1.20. The van der Waals surface area contributed by atoms with E-state index in [4.69, 9.17) is 20.2 Å². The molecule has 9 heteroatoms. The van der Waals surface area contributed by atoms with E-state index in [1.165, 1.54) is 12.1 Å². The lowest BCUT2D eigenvalue weighted by molar-refractivity contribution is -0.136. The number of carbonyl (C=O) groups is 1. The Labute approximate surface area is 134 Å². The Kier molecular flexibility index (Phi) is 7.14. The lowest BCUT2D eigenvalue weighted by Crippen LogP contribution is -2.19. The van der Waals surface area contributed by atoms with Gasteiger partial charge < -0.3 is 15.7 Å². The monoisotopic (exact) mass is 344 g/mol. The fraction of sp³-hybridized carbons (Fsp3) is 0.429. The minimum atomic E-state index is -4.02. The Bertz CT molecular complexity index is 654. The predicted molar refractivity (Wildman–Crippen MR) is 83.8 cm³/mol. The number of carboxylic acid groups (broad SMARTS) is 1. The molecule has 1 aliphatic rings. The first-order valence-corrected chi connectivity index (χ1v) is 8.34. The van der Waals surface area contributed by atoms with Crippen LogP contribution in [0.1, 0.15) is 24.8 Å². The summed E-state index contributed by atoms with van der Waals surface area (Å²) < 4.78 is 29.6. The molecule has 2 rings (SSSR count). The summed E-state index contributed by atoms with van der Waals surface area (Å²) in [5.74, 6) is -0.811. The Morgan fingerprint density at radius 3 is 2.43 bits per heavy atom. The molecule has 0 bridgehead atoms. The highest BCUT2D eigenvalue weighted by Gasteiger charge is 2.19. The van der Waals surface area contributed by atoms with Crippen molar-refractivity contribution in [2.75, 3.05) is 6.54 Å². The summed E-state index contributed by atoms with van der Waals surface area (Å²) in [6, 6.07) is 5.99. The summed E-state index contributed by atoms with van der Waals surface area (Å²) in [5.41, 5.74) is 7.09. The van der Waals surface area contributed by atoms with Gasteiger partial charge in [0.25, 0.3) is 10.1 Å². The van der Waals surface area contributed by atoms with E-state index in [2.05, 4.69) is 5.16 Å². The molecule has 8 nitrogen and oxygen atoms in total. The summed E-state index contributed by atoms with van der Waals surface area (Å²) in [6.45, 7) is 2.27. The number of aryl methyl sites for hydroxylation is 1. The molecule has 1 aromatic rings. The van der Waals surface area contributed by atoms with Crippen molar-refractivity contribution in [1.82, 2.24) is 0 Å². The molecule has 0 aliphatic carbocycles. The zero-order chi connectivity index (χ0) is 17.5. The van der Waals surface area contributed by atoms with Gasteiger partial charge in [0, 0.05) is 13.0 Å². The van der Waals surface area contributed by atoms with Gasteiger partial charge >= 0.3 is 5.97 Å². The first-order chi connectivity index (χ1) is 10.7. The van der Waals surface area contributed by atoms with E-state index in [0.29, 0.717) is 19.4 Å². The van der Waals surface area contributed by atoms with Crippen molar-refractivity contribution in [3.8, 4) is 0 Å². The third kappa shape index (κ3) is 7.22. The lowest BCUT2D eigenvalue weighted by Gasteiger charge is -2.01. The maximum absolute atomic E-state index is 10.5. The molecule has 0 saturated heterocycles. The molecule has 0 saturated carbocycles. The highest BCUT2D eigenvalue weighted by Crippen LogP contribution is 2.12. The number of aliphatic carboxylic acids is 1. The first kappa shape index (κ1) is 19.1. The second-order valence-electron chi connectivity index (χ2n) is 5.01. The van der Waals surface area contributed by atoms with Crippen LogP contribution in [0.2, 0.25) is 0 Å². The smallest absolute Gasteiger partial charge is 0.303 e. The van der Waals surface area contributed by atoms with Crippen molar-refractivity contribution in [3.05, 3.63) is 29.8 Å². The second-order valence-corrected chi connectivity index (χ2v) is 6.43. The van der Waals surface area contributed by atoms with Crippen LogP contribution in [-0.2, 0) is 19.8 Å². The molecular weight excluding hydrogens is 324 g/mol. The van der Waals surface area contributed by atoms with E-state index in [9.17, 15) is 13.2 Å². The minimum Gasteiger partial charge on any atom is -0.481 e. The fourth-order valence-electron chi connectivity index (χ4n) is 1.72. The zero-order valence-electron chi connectivity index (χ0n) is 12.7. The number of nitrogens with zero attached hydrogens (tertiary/aromatic N) is 1. The molecule has 1 heterocycles. The number of hydrogen-bond donors (Lipinski definition) is 3. The van der Waals surface area contributed by atoms with Crippen LogP contribution in [-0.4, -0.2) is 42.4 Å². The number of nitrogens with two attached hydrogens (primary N) is 1. The maximum atomic E-state index is 10.5. The van der Waals surface area contributed by atoms with Crippen LogP contribution in [0.5, 0.6) is 0 Å². The van der Waals surface area contributed by atoms with Crippen LogP contribution in [0.3, 0.4) is 0 Å². The van der Waals surface area contributed by atoms with Crippen LogP contribution >= 0.6 is 0 Å². The molecule has 4 N–H and O–H groups in total. The topological polar surface area (TPSA) is 139 Å². The van der Waals surface area contributed by atoms with Gasteiger partial charge in [-0.15, -0.1) is 0 Å². The van der Waals surface area contributed by atoms with Gasteiger partial charge in [0.2, 0.25) is 0 Å². The van der Waals surface area contributed by atoms with Crippen LogP contribution in [0.4, 0.5) is 0 Å². The molecule has 0 amide bonds. The van der Waals surface area contributed by atoms with Crippen LogP contribution in [0.25, 0.3) is 0 Å². The van der Waals surface area contributed by atoms with E-state index in [-0.39, 0.29) is 17.4 Å². The van der Waals surface area contributed by atoms with Crippen LogP contribution in [0.15, 0.2) is 34.3 Å². The van der Waals surface area contributed by atoms with Crippen molar-refractivity contribution >= 4 is 21.8 Å². The highest BCUT2D eigenvalue weighted by molar-refractivity contribution is 7.85. The van der Waals surface area contributed by atoms with Gasteiger partial charge in [-0.2, -0.15) is 8.42 Å². The average molecular weight is 344 g/mol. The number of hydrogen-bond acceptors (Lipinski definition) is 6. The van der Waals surface area contributed by atoms with Gasteiger partial charge in [-0.25, -0.2) is 0 Å². The number of benzene rings is 1. The van der Waals surface area contributed by atoms with Crippen LogP contribution in [0, 0.1) is 6.92 Å². The second kappa shape index (κ2) is 8.61. The number of rotatable bonds is 5. The minimum absolute atomic E-state index is 0.0474. The molecule has 1 aromatic carbocycles. The normalized spacial score (nSPS) is 16.8. The van der Waals surface area contributed by atoms with E-state index in [0.717, 1.165) is 11.3 Å². The molecular formula is C14H20N2O6S. The highest BCUT2D eigenvalue weighted by atomic mass is 32.2. The SMILES string of the molecule is Cc1ccc(S(=O)(=O)O)cc1.NCC1CC(CCC(=O)O)=NO1. The summed E-state index contributed by atoms with van der Waals surface area (Å²) >= 11 is 0. The fourth-order valence-corrected chi connectivity index (χ4v) is 2.20. The maximum Gasteiger partial charge on any atom is 0.303 e. The molecule has 0 aromatic heterocycles. The quantitative estimate of drug-likeness (QED) is 0.682. The zero-order valence-corrected chi connectivity index (χ0v) is 13.5. The first-order valence-electron chi connectivity index (χ1n) is 6.90. The Morgan fingerprint density at radius 1 is 1.39 bits per heavy atom. The molecule has 0 radical (unpaired) electrons. The van der Waals surface area contributed by atoms with Gasteiger partial charge in [0.15, 0.2) is 0 Å². The van der Waals surface area contributed by atoms with Crippen molar-refractivity contribution in [2.45, 2.75) is 37.2 Å². The summed E-state index contributed by atoms with van der Waals surface area (Å²) in [6.07, 6.45) is 1.20. The van der Waals surface area contributed by atoms with E-state index in [1.807, 2.05) is 6.92 Å². The van der Waals surface area contributed by atoms with Gasteiger partial charge in [-0.1, -0.05) is 22.9 Å². The van der Waals surface area contributed by atoms with Crippen molar-refractivity contribution in [1.29, 1.82) is 0 Å². The molecule has 128 valence electrons. The van der Waals surface area contributed by atoms with Gasteiger partial charge in [-0.3, -0.25) is 9.35 Å². The molecule has 1 aliphatic heterocycles. The Morgan fingerprint density at radius 2 is 2.00 bits per heavy atom. The third-order valence-corrected chi connectivity index (χ3v) is 3.87. The van der Waals surface area contributed by atoms with Crippen molar-refractivity contribution < 1.29 is 27.7 Å². The van der Waals surface area contributed by atoms with E-state index in [1.54, 1.807) is 12.1 Å². The van der Waals surface area contributed by atoms with Gasteiger partial charge in [-0.05, 0) is 25.5 Å². The average Bonchev–Trinajstić information content (AvgIpc) is 2.93. The van der Waals surface area contributed by atoms with Gasteiger partial charge in [0.05, 0.1) is 17.0 Å². The molecule has 0 fully saturated rings. The number of oxime groups is 1. The van der Waals surface area contributed by atoms with Crippen molar-refractivity contribution in [2.24, 2.45) is 10.9 Å². The summed E-state index contributed by atoms with van der Waals surface area (Å²) in [4.78, 5) is 15.0. The molecule has 23 heavy (non-hydrogen) atoms. The standard InChI is InChI=1S/C7H12N2O3.C7H8O3S/c8-4-6-3-5(9-12-6)1-2-7(10)11;1-6-2-4-7(5-3-6)11(8,9)10/h6H,1-4,8H2,(H,10,11);2-5H,1H3,(H,8,9,10). The summed E-state index contributed by atoms with van der Waals surface area (Å²) in [7, 11) is -4.02. The number of carboxylic acids is 1. The summed E-state index contributed by atoms with van der Waals surface area (Å²) in [5, 5.41) is 12.1. The Balaban J connectivity index is 0.000000231. The molecule has 1 atom stereocenters. The van der Waals surface area contributed by atoms with E-state index >= 15 is 0 Å². The van der Waals surface area contributed by atoms with Gasteiger partial charge in [0.1, 0.15) is 6.10 Å². The van der Waals surface area contributed by atoms with Crippen molar-refractivity contribution in [3.63, 3.8) is 0 Å². The Hall–Kier alpha value is -1.97. The van der Waals surface area contributed by atoms with Crippen LogP contribution < -0.4 is 5.73 Å². The lowest BCUT2D eigenvalue weighted by atomic mass is 10.1. The van der Waals surface area contributed by atoms with E-state index < -0.39 is 16.1 Å². The molecule has 0 spiro atoms. The third-order valence-electron chi connectivity index (χ3n) is 3.00. The molecule has 1 unspecified atom stereocenters.